The Hall–Kier alpha value is -1.48. The van der Waals surface area contributed by atoms with Crippen molar-refractivity contribution in [2.75, 3.05) is 0 Å². The van der Waals surface area contributed by atoms with Gasteiger partial charge < -0.3 is 9.88 Å². The summed E-state index contributed by atoms with van der Waals surface area (Å²) in [4.78, 5) is 11.7. The molecule has 9 heteroatoms. The second-order valence-corrected chi connectivity index (χ2v) is 6.37. The molecule has 1 aromatic heterocycles. The third-order valence-electron chi connectivity index (χ3n) is 2.87. The van der Waals surface area contributed by atoms with E-state index in [0.717, 1.165) is 29.7 Å². The topological polar surface area (TPSA) is 94.2 Å². The Kier molecular flexibility index (Phi) is 5.85. The third-order valence-corrected chi connectivity index (χ3v) is 3.75. The van der Waals surface area contributed by atoms with Gasteiger partial charge >= 0.3 is 0 Å². The number of carbonyl (C=O) groups excluding carboxylic acids is 1. The van der Waals surface area contributed by atoms with Gasteiger partial charge in [0, 0.05) is 12.2 Å². The van der Waals surface area contributed by atoms with E-state index in [1.807, 2.05) is 6.92 Å². The number of alkyl halides is 2. The maximum absolute atomic E-state index is 12.5. The number of amides is 1. The van der Waals surface area contributed by atoms with Gasteiger partial charge in [0.25, 0.3) is 12.3 Å². The van der Waals surface area contributed by atoms with E-state index in [4.69, 9.17) is 5.14 Å². The molecule has 1 aromatic rings. The highest BCUT2D eigenvalue weighted by atomic mass is 32.2. The molecule has 0 spiro atoms. The van der Waals surface area contributed by atoms with Gasteiger partial charge in [0.1, 0.15) is 10.6 Å². The van der Waals surface area contributed by atoms with Crippen molar-refractivity contribution < 1.29 is 22.0 Å². The SMILES string of the molecule is CCCC(C)NC(=O)c1cc(S(N)(=O)=O)cn1CC(F)F. The molecule has 21 heavy (non-hydrogen) atoms. The highest BCUT2D eigenvalue weighted by molar-refractivity contribution is 7.89. The average molecular weight is 323 g/mol. The van der Waals surface area contributed by atoms with Gasteiger partial charge in [0.05, 0.1) is 6.54 Å². The molecule has 0 saturated carbocycles. The summed E-state index contributed by atoms with van der Waals surface area (Å²) in [5.41, 5.74) is -0.151. The molecule has 0 saturated heterocycles. The molecule has 0 bridgehead atoms. The monoisotopic (exact) mass is 323 g/mol. The molecule has 0 aliphatic carbocycles. The Bertz CT molecular complexity index is 599. The first kappa shape index (κ1) is 17.6. The summed E-state index contributed by atoms with van der Waals surface area (Å²) in [6, 6.07) is 0.862. The first-order valence-electron chi connectivity index (χ1n) is 6.47. The van der Waals surface area contributed by atoms with Gasteiger partial charge in [-0.3, -0.25) is 4.79 Å². The van der Waals surface area contributed by atoms with Gasteiger partial charge in [0.15, 0.2) is 0 Å². The van der Waals surface area contributed by atoms with Crippen LogP contribution in [0.4, 0.5) is 8.78 Å². The van der Waals surface area contributed by atoms with Crippen molar-refractivity contribution in [2.45, 2.75) is 50.6 Å². The van der Waals surface area contributed by atoms with Crippen LogP contribution < -0.4 is 10.5 Å². The Labute approximate surface area is 122 Å². The number of primary sulfonamides is 1. The molecular weight excluding hydrogens is 304 g/mol. The van der Waals surface area contributed by atoms with Gasteiger partial charge in [-0.05, 0) is 19.4 Å². The van der Waals surface area contributed by atoms with E-state index in [9.17, 15) is 22.0 Å². The van der Waals surface area contributed by atoms with Crippen LogP contribution in [0.5, 0.6) is 0 Å². The summed E-state index contributed by atoms with van der Waals surface area (Å²) >= 11 is 0. The summed E-state index contributed by atoms with van der Waals surface area (Å²) in [6.07, 6.45) is -0.197. The number of hydrogen-bond donors (Lipinski definition) is 2. The first-order chi connectivity index (χ1) is 9.65. The number of nitrogens with two attached hydrogens (primary N) is 1. The Morgan fingerprint density at radius 3 is 2.57 bits per heavy atom. The Balaban J connectivity index is 3.08. The normalized spacial score (nSPS) is 13.4. The zero-order valence-electron chi connectivity index (χ0n) is 11.8. The van der Waals surface area contributed by atoms with Gasteiger partial charge in [-0.15, -0.1) is 0 Å². The van der Waals surface area contributed by atoms with Crippen LogP contribution in [-0.2, 0) is 16.6 Å². The smallest absolute Gasteiger partial charge is 0.268 e. The fourth-order valence-corrected chi connectivity index (χ4v) is 2.48. The van der Waals surface area contributed by atoms with Gasteiger partial charge in [-0.2, -0.15) is 0 Å². The minimum absolute atomic E-state index is 0.143. The summed E-state index contributed by atoms with van der Waals surface area (Å²) in [5.74, 6) is -0.605. The molecule has 6 nitrogen and oxygen atoms in total. The first-order valence-corrected chi connectivity index (χ1v) is 8.01. The van der Waals surface area contributed by atoms with Crippen LogP contribution in [0.1, 0.15) is 37.2 Å². The predicted molar refractivity (Wildman–Crippen MR) is 73.6 cm³/mol. The van der Waals surface area contributed by atoms with Crippen LogP contribution in [0, 0.1) is 0 Å². The van der Waals surface area contributed by atoms with Gasteiger partial charge in [0.2, 0.25) is 10.0 Å². The third kappa shape index (κ3) is 5.09. The van der Waals surface area contributed by atoms with Crippen LogP contribution >= 0.6 is 0 Å². The van der Waals surface area contributed by atoms with E-state index in [0.29, 0.717) is 0 Å². The number of carbonyl (C=O) groups is 1. The molecule has 1 rings (SSSR count). The van der Waals surface area contributed by atoms with Crippen LogP contribution in [0.15, 0.2) is 17.2 Å². The van der Waals surface area contributed by atoms with E-state index in [1.165, 1.54) is 0 Å². The standard InChI is InChI=1S/C12H19F2N3O3S/c1-3-4-8(2)16-12(18)10-5-9(21(15,19)20)6-17(10)7-11(13)14/h5-6,8,11H,3-4,7H2,1-2H3,(H,16,18)(H2,15,19,20). The molecule has 3 N–H and O–H groups in total. The highest BCUT2D eigenvalue weighted by Gasteiger charge is 2.21. The lowest BCUT2D eigenvalue weighted by atomic mass is 10.2. The molecular formula is C12H19F2N3O3S. The quantitative estimate of drug-likeness (QED) is 0.792. The molecule has 1 amide bonds. The number of aromatic nitrogens is 1. The molecule has 0 aliphatic heterocycles. The average Bonchev–Trinajstić information content (AvgIpc) is 2.71. The van der Waals surface area contributed by atoms with E-state index >= 15 is 0 Å². The Morgan fingerprint density at radius 1 is 1.48 bits per heavy atom. The number of sulfonamides is 1. The van der Waals surface area contributed by atoms with E-state index in [-0.39, 0.29) is 16.6 Å². The highest BCUT2D eigenvalue weighted by Crippen LogP contribution is 2.15. The number of nitrogens with zero attached hydrogens (tertiary/aromatic N) is 1. The van der Waals surface area contributed by atoms with Crippen LogP contribution in [0.25, 0.3) is 0 Å². The van der Waals surface area contributed by atoms with Crippen molar-refractivity contribution in [1.82, 2.24) is 9.88 Å². The van der Waals surface area contributed by atoms with Gasteiger partial charge in [-0.1, -0.05) is 13.3 Å². The predicted octanol–water partition coefficient (Wildman–Crippen LogP) is 1.32. The second kappa shape index (κ2) is 6.99. The number of nitrogens with one attached hydrogen (secondary N) is 1. The van der Waals surface area contributed by atoms with Crippen molar-refractivity contribution in [3.8, 4) is 0 Å². The van der Waals surface area contributed by atoms with Crippen LogP contribution in [-0.4, -0.2) is 31.4 Å². The van der Waals surface area contributed by atoms with E-state index in [2.05, 4.69) is 5.32 Å². The molecule has 0 fully saturated rings. The van der Waals surface area contributed by atoms with Gasteiger partial charge in [-0.25, -0.2) is 22.3 Å². The fraction of sp³-hybridized carbons (Fsp3) is 0.583. The summed E-state index contributed by atoms with van der Waals surface area (Å²) in [7, 11) is -4.06. The summed E-state index contributed by atoms with van der Waals surface area (Å²) < 4.78 is 48.5. The number of hydrogen-bond acceptors (Lipinski definition) is 3. The summed E-state index contributed by atoms with van der Waals surface area (Å²) in [6.45, 7) is 2.95. The minimum Gasteiger partial charge on any atom is -0.348 e. The van der Waals surface area contributed by atoms with Crippen molar-refractivity contribution in [1.29, 1.82) is 0 Å². The maximum Gasteiger partial charge on any atom is 0.268 e. The van der Waals surface area contributed by atoms with Crippen molar-refractivity contribution in [2.24, 2.45) is 5.14 Å². The molecule has 1 unspecified atom stereocenters. The number of halogens is 2. The minimum atomic E-state index is -4.06. The van der Waals surface area contributed by atoms with Crippen LogP contribution in [0.2, 0.25) is 0 Å². The molecule has 0 aliphatic rings. The zero-order valence-corrected chi connectivity index (χ0v) is 12.7. The number of rotatable bonds is 7. The molecule has 0 aromatic carbocycles. The van der Waals surface area contributed by atoms with E-state index < -0.39 is 28.9 Å². The lowest BCUT2D eigenvalue weighted by Gasteiger charge is -2.14. The lowest BCUT2D eigenvalue weighted by molar-refractivity contribution is 0.0915. The second-order valence-electron chi connectivity index (χ2n) is 4.81. The zero-order chi connectivity index (χ0) is 16.2. The summed E-state index contributed by atoms with van der Waals surface area (Å²) in [5, 5.41) is 7.59. The Morgan fingerprint density at radius 2 is 2.10 bits per heavy atom. The lowest BCUT2D eigenvalue weighted by Crippen LogP contribution is -2.34. The maximum atomic E-state index is 12.5. The largest absolute Gasteiger partial charge is 0.348 e. The molecule has 1 atom stereocenters. The molecule has 0 radical (unpaired) electrons. The fourth-order valence-electron chi connectivity index (χ4n) is 1.93. The van der Waals surface area contributed by atoms with Crippen molar-refractivity contribution in [3.63, 3.8) is 0 Å². The van der Waals surface area contributed by atoms with Crippen molar-refractivity contribution in [3.05, 3.63) is 18.0 Å². The molecule has 1 heterocycles. The molecule has 120 valence electrons. The van der Waals surface area contributed by atoms with E-state index in [1.54, 1.807) is 6.92 Å². The van der Waals surface area contributed by atoms with Crippen molar-refractivity contribution >= 4 is 15.9 Å². The van der Waals surface area contributed by atoms with Crippen LogP contribution in [0.3, 0.4) is 0 Å².